The van der Waals surface area contributed by atoms with Gasteiger partial charge >= 0.3 is 17.5 Å². The monoisotopic (exact) mass is 458 g/mol. The average Bonchev–Trinajstić information content (AvgIpc) is 3.22. The highest BCUT2D eigenvalue weighted by Crippen LogP contribution is 2.29. The zero-order chi connectivity index (χ0) is 24.2. The van der Waals surface area contributed by atoms with Crippen LogP contribution in [0.1, 0.15) is 28.7 Å². The molecular weight excluding hydrogens is 438 g/mol. The number of nitrogens with one attached hydrogen (secondary N) is 2. The van der Waals surface area contributed by atoms with Crippen LogP contribution in [0.4, 0.5) is 5.69 Å². The molecule has 2 aromatic heterocycles. The van der Waals surface area contributed by atoms with E-state index in [4.69, 9.17) is 26.7 Å². The van der Waals surface area contributed by atoms with Crippen LogP contribution in [0.5, 0.6) is 23.4 Å². The lowest BCUT2D eigenvalue weighted by molar-refractivity contribution is -0.405. The molecule has 0 bridgehead atoms. The standard InChI is InChI=1S/C22H19N9O3/c1-2-16-28-17-19(29-16)30-22(34-13-5-3-4-12(8-13)27-21(25)26)31-20(17)33-14-7-6-11(10-23)15(9-14)18(24)32/h3-9H,2H2,1H3,(H2,24,32)(H4,25,26,27)(H,28,29,30,31)/p+1. The predicted molar refractivity (Wildman–Crippen MR) is 122 cm³/mol. The van der Waals surface area contributed by atoms with Gasteiger partial charge in [0.05, 0.1) is 22.9 Å². The van der Waals surface area contributed by atoms with E-state index in [-0.39, 0.29) is 34.7 Å². The molecule has 8 N–H and O–H groups in total. The molecule has 0 saturated carbocycles. The second kappa shape index (κ2) is 9.13. The van der Waals surface area contributed by atoms with E-state index in [1.54, 1.807) is 30.3 Å². The lowest BCUT2D eigenvalue weighted by Gasteiger charge is -2.06. The van der Waals surface area contributed by atoms with Gasteiger partial charge in [0.25, 0.3) is 0 Å². The largest absolute Gasteiger partial charge is 0.507 e. The number of aryl methyl sites for hydroxylation is 1. The normalized spacial score (nSPS) is 10.5. The van der Waals surface area contributed by atoms with Crippen LogP contribution in [0.2, 0.25) is 0 Å². The minimum absolute atomic E-state index is 0.0391. The van der Waals surface area contributed by atoms with E-state index in [2.05, 4.69) is 24.9 Å². The Bertz CT molecular complexity index is 1470. The second-order valence-corrected chi connectivity index (χ2v) is 7.03. The number of hydrogen-bond donors (Lipinski definition) is 4. The fraction of sp³-hybridized carbons (Fsp3) is 0.0909. The zero-order valence-corrected chi connectivity index (χ0v) is 18.0. The smallest absolute Gasteiger partial charge is 0.421 e. The van der Waals surface area contributed by atoms with E-state index in [9.17, 15) is 10.1 Å². The van der Waals surface area contributed by atoms with Crippen molar-refractivity contribution in [1.29, 1.82) is 5.26 Å². The Hall–Kier alpha value is -5.18. The van der Waals surface area contributed by atoms with Crippen molar-refractivity contribution >= 4 is 28.7 Å². The quantitative estimate of drug-likeness (QED) is 0.236. The summed E-state index contributed by atoms with van der Waals surface area (Å²) >= 11 is 0. The molecule has 0 spiro atoms. The molecule has 2 heterocycles. The van der Waals surface area contributed by atoms with Gasteiger partial charge in [-0.1, -0.05) is 13.0 Å². The van der Waals surface area contributed by atoms with Crippen molar-refractivity contribution in [2.75, 3.05) is 0 Å². The SMILES string of the molecule is CCc1nc2nc(Oc3cccc(N=C(N)N)c3)[nH+]c(Oc3ccc(C#N)c(C(N)=O)c3)c2[nH]1. The van der Waals surface area contributed by atoms with Crippen molar-refractivity contribution in [3.8, 4) is 29.5 Å². The summed E-state index contributed by atoms with van der Waals surface area (Å²) in [6.45, 7) is 1.94. The second-order valence-electron chi connectivity index (χ2n) is 7.03. The third kappa shape index (κ3) is 4.68. The molecule has 4 rings (SSSR count). The molecule has 0 unspecified atom stereocenters. The number of carbonyl (C=O) groups is 1. The van der Waals surface area contributed by atoms with Crippen molar-refractivity contribution in [3.63, 3.8) is 0 Å². The molecule has 1 amide bonds. The van der Waals surface area contributed by atoms with Gasteiger partial charge in [-0.2, -0.15) is 15.2 Å². The number of nitrogens with zero attached hydrogens (tertiary/aromatic N) is 4. The molecule has 0 atom stereocenters. The first-order valence-electron chi connectivity index (χ1n) is 10.1. The minimum atomic E-state index is -0.745. The van der Waals surface area contributed by atoms with Crippen LogP contribution < -0.4 is 31.7 Å². The van der Waals surface area contributed by atoms with Crippen LogP contribution in [-0.4, -0.2) is 26.8 Å². The number of nitriles is 1. The number of aliphatic imine (C=N–C) groups is 1. The molecule has 0 fully saturated rings. The molecule has 0 saturated heterocycles. The predicted octanol–water partition coefficient (Wildman–Crippen LogP) is 1.79. The highest BCUT2D eigenvalue weighted by Gasteiger charge is 2.23. The van der Waals surface area contributed by atoms with Gasteiger partial charge in [0, 0.05) is 17.5 Å². The molecule has 12 heteroatoms. The van der Waals surface area contributed by atoms with Gasteiger partial charge in [0.2, 0.25) is 5.91 Å². The van der Waals surface area contributed by atoms with Crippen molar-refractivity contribution in [2.45, 2.75) is 13.3 Å². The summed E-state index contributed by atoms with van der Waals surface area (Å²) in [5.74, 6) is 0.769. The van der Waals surface area contributed by atoms with Gasteiger partial charge in [0.1, 0.15) is 17.3 Å². The van der Waals surface area contributed by atoms with Crippen molar-refractivity contribution in [3.05, 3.63) is 59.4 Å². The van der Waals surface area contributed by atoms with Crippen LogP contribution in [0, 0.1) is 11.3 Å². The van der Waals surface area contributed by atoms with Gasteiger partial charge in [-0.15, -0.1) is 0 Å². The highest BCUT2D eigenvalue weighted by molar-refractivity contribution is 5.95. The van der Waals surface area contributed by atoms with E-state index in [1.807, 2.05) is 13.0 Å². The number of hydrogen-bond acceptors (Lipinski definition) is 7. The van der Waals surface area contributed by atoms with Crippen LogP contribution in [0.3, 0.4) is 0 Å². The van der Waals surface area contributed by atoms with Crippen molar-refractivity contribution in [2.24, 2.45) is 22.2 Å². The number of aromatic nitrogens is 4. The molecule has 170 valence electrons. The summed E-state index contributed by atoms with van der Waals surface area (Å²) in [6.07, 6.45) is 0.634. The molecule has 0 aliphatic carbocycles. The number of nitrogens with two attached hydrogens (primary N) is 3. The number of imidazole rings is 1. The van der Waals surface area contributed by atoms with E-state index < -0.39 is 5.91 Å². The summed E-state index contributed by atoms with van der Waals surface area (Å²) in [6, 6.07) is 13.2. The number of amides is 1. The molecule has 0 aliphatic heterocycles. The molecule has 4 aromatic rings. The van der Waals surface area contributed by atoms with E-state index >= 15 is 0 Å². The Labute approximate surface area is 193 Å². The molecule has 2 aromatic carbocycles. The molecular formula is C22H20N9O3+. The van der Waals surface area contributed by atoms with Crippen LogP contribution in [0.15, 0.2) is 47.5 Å². The maximum absolute atomic E-state index is 11.7. The van der Waals surface area contributed by atoms with E-state index in [0.717, 1.165) is 0 Å². The molecule has 34 heavy (non-hydrogen) atoms. The summed E-state index contributed by atoms with van der Waals surface area (Å²) in [4.78, 5) is 30.7. The minimum Gasteiger partial charge on any atom is -0.421 e. The lowest BCUT2D eigenvalue weighted by Crippen LogP contribution is -2.21. The fourth-order valence-electron chi connectivity index (χ4n) is 3.11. The maximum Gasteiger partial charge on any atom is 0.507 e. The summed E-state index contributed by atoms with van der Waals surface area (Å²) < 4.78 is 11.8. The van der Waals surface area contributed by atoms with Crippen LogP contribution >= 0.6 is 0 Å². The summed E-state index contributed by atoms with van der Waals surface area (Å²) in [5.41, 5.74) is 17.8. The Morgan fingerprint density at radius 2 is 1.94 bits per heavy atom. The number of aromatic amines is 2. The van der Waals surface area contributed by atoms with Crippen LogP contribution in [-0.2, 0) is 6.42 Å². The van der Waals surface area contributed by atoms with Gasteiger partial charge < -0.3 is 31.7 Å². The number of guanidine groups is 1. The third-order valence-corrected chi connectivity index (χ3v) is 4.61. The number of ether oxygens (including phenoxy) is 2. The van der Waals surface area contributed by atoms with Gasteiger partial charge in [0.15, 0.2) is 11.5 Å². The Balaban J connectivity index is 1.74. The molecule has 0 radical (unpaired) electrons. The Kier molecular flexibility index (Phi) is 5.91. The van der Waals surface area contributed by atoms with Crippen LogP contribution in [0.25, 0.3) is 11.2 Å². The first-order chi connectivity index (χ1) is 16.4. The average molecular weight is 458 g/mol. The zero-order valence-electron chi connectivity index (χ0n) is 18.0. The number of rotatable bonds is 7. The van der Waals surface area contributed by atoms with E-state index in [1.165, 1.54) is 12.1 Å². The number of benzene rings is 2. The van der Waals surface area contributed by atoms with Crippen molar-refractivity contribution in [1.82, 2.24) is 15.0 Å². The van der Waals surface area contributed by atoms with Crippen molar-refractivity contribution < 1.29 is 19.3 Å². The Morgan fingerprint density at radius 1 is 1.15 bits per heavy atom. The number of fused-ring (bicyclic) bond motifs is 1. The van der Waals surface area contributed by atoms with Gasteiger partial charge in [-0.3, -0.25) is 4.79 Å². The maximum atomic E-state index is 11.7. The first kappa shape index (κ1) is 22.0. The first-order valence-corrected chi connectivity index (χ1v) is 10.1. The van der Waals surface area contributed by atoms with Gasteiger partial charge in [-0.25, -0.2) is 4.99 Å². The number of carbonyl (C=O) groups excluding carboxylic acids is 1. The topological polar surface area (TPSA) is 205 Å². The highest BCUT2D eigenvalue weighted by atomic mass is 16.5. The van der Waals surface area contributed by atoms with Gasteiger partial charge in [-0.05, 0) is 30.3 Å². The molecule has 0 aliphatic rings. The number of primary amides is 1. The molecule has 12 nitrogen and oxygen atoms in total. The Morgan fingerprint density at radius 3 is 2.65 bits per heavy atom. The number of H-pyrrole nitrogens is 2. The fourth-order valence-corrected chi connectivity index (χ4v) is 3.11. The van der Waals surface area contributed by atoms with E-state index in [0.29, 0.717) is 34.8 Å². The summed E-state index contributed by atoms with van der Waals surface area (Å²) in [7, 11) is 0. The lowest BCUT2D eigenvalue weighted by atomic mass is 10.1. The summed E-state index contributed by atoms with van der Waals surface area (Å²) in [5, 5.41) is 9.20. The third-order valence-electron chi connectivity index (χ3n) is 4.61.